The van der Waals surface area contributed by atoms with Crippen LogP contribution >= 0.6 is 0 Å². The van der Waals surface area contributed by atoms with Crippen molar-refractivity contribution in [3.8, 4) is 0 Å². The van der Waals surface area contributed by atoms with Crippen LogP contribution in [0.15, 0.2) is 36.5 Å². The number of aryl methyl sites for hydroxylation is 2. The minimum Gasteiger partial charge on any atom is -0.481 e. The zero-order chi connectivity index (χ0) is 27.1. The number of ether oxygens (including phenoxy) is 1. The molecule has 208 valence electrons. The zero-order valence-electron chi connectivity index (χ0n) is 21.5. The van der Waals surface area contributed by atoms with Gasteiger partial charge in [-0.2, -0.15) is 18.2 Å². The van der Waals surface area contributed by atoms with Crippen molar-refractivity contribution in [1.29, 1.82) is 0 Å². The number of anilines is 3. The van der Waals surface area contributed by atoms with Crippen LogP contribution in [-0.2, 0) is 28.5 Å². The first-order chi connectivity index (χ1) is 18.8. The standard InChI is InChI=1S/C28H32F3N5O3/c29-28(30,31)22-15-32-27(35-25(22)34-24-19-2-1-18(13-19)23(24)26(37)38)33-20-6-3-16-4-7-21(8-5-17(16)14-20)36-9-11-39-12-10-36/h1-3,6,14-15,18-19,21,23-24H,4-5,7-13H2,(H,37,38)(H2,32,33,34,35)/t18-,19+,21?,23+,24-/m1/s1. The third-order valence-electron chi connectivity index (χ3n) is 8.66. The lowest BCUT2D eigenvalue weighted by molar-refractivity contribution is -0.142. The van der Waals surface area contributed by atoms with E-state index in [-0.39, 0.29) is 17.8 Å². The fraction of sp³-hybridized carbons (Fsp3) is 0.536. The number of morpholine rings is 1. The minimum atomic E-state index is -4.69. The number of hydrogen-bond donors (Lipinski definition) is 3. The molecule has 1 aliphatic heterocycles. The molecule has 2 heterocycles. The predicted octanol–water partition coefficient (Wildman–Crippen LogP) is 4.51. The van der Waals surface area contributed by atoms with Gasteiger partial charge in [0.15, 0.2) is 0 Å². The van der Waals surface area contributed by atoms with E-state index in [0.29, 0.717) is 18.2 Å². The van der Waals surface area contributed by atoms with Gasteiger partial charge >= 0.3 is 12.1 Å². The maximum atomic E-state index is 13.8. The first-order valence-corrected chi connectivity index (χ1v) is 13.6. The molecular weight excluding hydrogens is 511 g/mol. The monoisotopic (exact) mass is 543 g/mol. The van der Waals surface area contributed by atoms with Gasteiger partial charge in [-0.1, -0.05) is 18.2 Å². The topological polar surface area (TPSA) is 99.6 Å². The SMILES string of the molecule is O=C(O)[C@@H]1[C@H](Nc2nc(Nc3ccc4c(c3)CCC(N3CCOCC3)CC4)ncc2C(F)(F)F)[C@H]2C=C[C@@H]1C2. The van der Waals surface area contributed by atoms with Crippen LogP contribution in [0.2, 0.25) is 0 Å². The van der Waals surface area contributed by atoms with E-state index in [9.17, 15) is 23.1 Å². The van der Waals surface area contributed by atoms with E-state index in [1.807, 2.05) is 24.3 Å². The molecule has 0 spiro atoms. The summed E-state index contributed by atoms with van der Waals surface area (Å²) >= 11 is 0. The normalized spacial score (nSPS) is 28.6. The molecule has 2 fully saturated rings. The van der Waals surface area contributed by atoms with Crippen molar-refractivity contribution in [2.24, 2.45) is 17.8 Å². The Kier molecular flexibility index (Phi) is 6.96. The molecule has 0 radical (unpaired) electrons. The number of aliphatic carboxylic acids is 1. The highest BCUT2D eigenvalue weighted by Crippen LogP contribution is 2.46. The lowest BCUT2D eigenvalue weighted by Crippen LogP contribution is -2.43. The van der Waals surface area contributed by atoms with Gasteiger partial charge in [-0.05, 0) is 67.2 Å². The van der Waals surface area contributed by atoms with Gasteiger partial charge in [-0.3, -0.25) is 9.69 Å². The number of nitrogens with one attached hydrogen (secondary N) is 2. The summed E-state index contributed by atoms with van der Waals surface area (Å²) in [5, 5.41) is 15.6. The van der Waals surface area contributed by atoms with E-state index < -0.39 is 35.5 Å². The lowest BCUT2D eigenvalue weighted by atomic mass is 9.89. The molecule has 4 aliphatic rings. The maximum Gasteiger partial charge on any atom is 0.421 e. The van der Waals surface area contributed by atoms with E-state index in [2.05, 4.69) is 31.6 Å². The number of fused-ring (bicyclic) bond motifs is 3. The van der Waals surface area contributed by atoms with Crippen LogP contribution < -0.4 is 10.6 Å². The molecule has 6 rings (SSSR count). The summed E-state index contributed by atoms with van der Waals surface area (Å²) in [6.07, 6.45) is 4.44. The Morgan fingerprint density at radius 2 is 1.82 bits per heavy atom. The lowest BCUT2D eigenvalue weighted by Gasteiger charge is -2.33. The van der Waals surface area contributed by atoms with Crippen molar-refractivity contribution >= 4 is 23.4 Å². The number of hydrogen-bond acceptors (Lipinski definition) is 7. The smallest absolute Gasteiger partial charge is 0.421 e. The van der Waals surface area contributed by atoms with E-state index in [4.69, 9.17) is 4.74 Å². The van der Waals surface area contributed by atoms with E-state index >= 15 is 0 Å². The summed E-state index contributed by atoms with van der Waals surface area (Å²) < 4.78 is 47.0. The number of carbonyl (C=O) groups is 1. The molecule has 8 nitrogen and oxygen atoms in total. The maximum absolute atomic E-state index is 13.8. The second-order valence-electron chi connectivity index (χ2n) is 10.9. The predicted molar refractivity (Wildman–Crippen MR) is 139 cm³/mol. The number of nitrogens with zero attached hydrogens (tertiary/aromatic N) is 3. The number of carboxylic acid groups (broad SMARTS) is 1. The van der Waals surface area contributed by atoms with Crippen molar-refractivity contribution in [3.05, 3.63) is 53.2 Å². The van der Waals surface area contributed by atoms with Crippen LogP contribution in [0.5, 0.6) is 0 Å². The van der Waals surface area contributed by atoms with Crippen molar-refractivity contribution < 1.29 is 27.8 Å². The number of alkyl halides is 3. The number of allylic oxidation sites excluding steroid dienone is 1. The number of benzene rings is 1. The molecule has 1 saturated carbocycles. The van der Waals surface area contributed by atoms with Gasteiger partial charge in [0.05, 0.1) is 19.1 Å². The number of halogens is 3. The van der Waals surface area contributed by atoms with Crippen molar-refractivity contribution in [2.75, 3.05) is 36.9 Å². The number of aromatic nitrogens is 2. The fourth-order valence-corrected chi connectivity index (χ4v) is 6.68. The summed E-state index contributed by atoms with van der Waals surface area (Å²) in [7, 11) is 0. The van der Waals surface area contributed by atoms with Gasteiger partial charge in [-0.15, -0.1) is 0 Å². The van der Waals surface area contributed by atoms with Crippen molar-refractivity contribution in [2.45, 2.75) is 50.4 Å². The number of rotatable bonds is 6. The van der Waals surface area contributed by atoms with Crippen LogP contribution in [0.3, 0.4) is 0 Å². The molecule has 2 bridgehead atoms. The molecule has 3 aliphatic carbocycles. The first kappa shape index (κ1) is 26.1. The molecule has 1 aromatic carbocycles. The molecule has 39 heavy (non-hydrogen) atoms. The van der Waals surface area contributed by atoms with E-state index in [1.165, 1.54) is 11.1 Å². The molecule has 1 aromatic heterocycles. The zero-order valence-corrected chi connectivity index (χ0v) is 21.5. The number of carboxylic acids is 1. The molecule has 2 aromatic rings. The summed E-state index contributed by atoms with van der Waals surface area (Å²) in [4.78, 5) is 22.5. The average Bonchev–Trinajstić information content (AvgIpc) is 3.44. The Morgan fingerprint density at radius 1 is 1.08 bits per heavy atom. The third-order valence-corrected chi connectivity index (χ3v) is 8.66. The summed E-state index contributed by atoms with van der Waals surface area (Å²) in [5.74, 6) is -2.56. The Labute approximate surface area is 224 Å². The fourth-order valence-electron chi connectivity index (χ4n) is 6.68. The van der Waals surface area contributed by atoms with Gasteiger partial charge in [-0.25, -0.2) is 4.98 Å². The Morgan fingerprint density at radius 3 is 2.56 bits per heavy atom. The highest BCUT2D eigenvalue weighted by Gasteiger charge is 2.49. The van der Waals surface area contributed by atoms with Crippen LogP contribution in [-0.4, -0.2) is 64.3 Å². The van der Waals surface area contributed by atoms with Crippen LogP contribution in [0.1, 0.15) is 36.0 Å². The van der Waals surface area contributed by atoms with Crippen LogP contribution in [0, 0.1) is 17.8 Å². The van der Waals surface area contributed by atoms with Gasteiger partial charge in [0.2, 0.25) is 5.95 Å². The highest BCUT2D eigenvalue weighted by molar-refractivity contribution is 5.74. The third kappa shape index (κ3) is 5.34. The quantitative estimate of drug-likeness (QED) is 0.362. The second-order valence-corrected chi connectivity index (χ2v) is 10.9. The summed E-state index contributed by atoms with van der Waals surface area (Å²) in [6.45, 7) is 3.47. The largest absolute Gasteiger partial charge is 0.481 e. The Hall–Kier alpha value is -3.18. The van der Waals surface area contributed by atoms with Crippen LogP contribution in [0.25, 0.3) is 0 Å². The second kappa shape index (κ2) is 10.4. The first-order valence-electron chi connectivity index (χ1n) is 13.6. The molecular formula is C28H32F3N5O3. The van der Waals surface area contributed by atoms with Gasteiger partial charge in [0.25, 0.3) is 0 Å². The van der Waals surface area contributed by atoms with Crippen molar-refractivity contribution in [3.63, 3.8) is 0 Å². The van der Waals surface area contributed by atoms with Gasteiger partial charge in [0, 0.05) is 37.1 Å². The highest BCUT2D eigenvalue weighted by atomic mass is 19.4. The summed E-state index contributed by atoms with van der Waals surface area (Å²) in [6, 6.07) is 5.85. The van der Waals surface area contributed by atoms with Gasteiger partial charge < -0.3 is 20.5 Å². The molecule has 3 N–H and O–H groups in total. The molecule has 0 amide bonds. The molecule has 1 unspecified atom stereocenters. The molecule has 11 heteroatoms. The Balaban J connectivity index is 1.21. The van der Waals surface area contributed by atoms with E-state index in [0.717, 1.165) is 58.2 Å². The minimum absolute atomic E-state index is 0.0239. The molecule has 5 atom stereocenters. The van der Waals surface area contributed by atoms with E-state index in [1.54, 1.807) is 0 Å². The summed E-state index contributed by atoms with van der Waals surface area (Å²) in [5.41, 5.74) is 2.20. The Bertz CT molecular complexity index is 1260. The molecule has 1 saturated heterocycles. The van der Waals surface area contributed by atoms with Gasteiger partial charge in [0.1, 0.15) is 11.4 Å². The van der Waals surface area contributed by atoms with Crippen molar-refractivity contribution in [1.82, 2.24) is 14.9 Å². The van der Waals surface area contributed by atoms with Crippen LogP contribution in [0.4, 0.5) is 30.6 Å². The average molecular weight is 544 g/mol.